The third-order valence-electron chi connectivity index (χ3n) is 3.97. The Kier molecular flexibility index (Phi) is 7.45. The molecule has 0 saturated heterocycles. The number of hydrogen-bond donors (Lipinski definition) is 1. The Morgan fingerprint density at radius 1 is 1.23 bits per heavy atom. The van der Waals surface area contributed by atoms with Crippen LogP contribution in [-0.4, -0.2) is 33.5 Å². The van der Waals surface area contributed by atoms with Gasteiger partial charge >= 0.3 is 0 Å². The molecular formula is C21H21FN4O3S. The monoisotopic (exact) mass is 428 g/mol. The van der Waals surface area contributed by atoms with Crippen molar-refractivity contribution in [2.24, 2.45) is 0 Å². The van der Waals surface area contributed by atoms with Gasteiger partial charge in [0.2, 0.25) is 5.91 Å². The van der Waals surface area contributed by atoms with Gasteiger partial charge in [-0.1, -0.05) is 23.9 Å². The highest BCUT2D eigenvalue weighted by molar-refractivity contribution is 7.99. The third kappa shape index (κ3) is 5.84. The lowest BCUT2D eigenvalue weighted by molar-refractivity contribution is -0.113. The zero-order valence-corrected chi connectivity index (χ0v) is 17.2. The molecule has 0 aliphatic rings. The summed E-state index contributed by atoms with van der Waals surface area (Å²) in [6.45, 7) is 4.45. The van der Waals surface area contributed by atoms with Crippen LogP contribution in [0.3, 0.4) is 0 Å². The number of aromatic nitrogens is 3. The number of anilines is 1. The first-order chi connectivity index (χ1) is 14.6. The Labute approximate surface area is 177 Å². The lowest BCUT2D eigenvalue weighted by atomic mass is 10.3. The second kappa shape index (κ2) is 10.4. The van der Waals surface area contributed by atoms with Crippen molar-refractivity contribution in [1.29, 1.82) is 0 Å². The summed E-state index contributed by atoms with van der Waals surface area (Å²) in [6.07, 6.45) is 1.72. The number of halogens is 1. The fourth-order valence-corrected chi connectivity index (χ4v) is 3.32. The van der Waals surface area contributed by atoms with Gasteiger partial charge in [0.15, 0.2) is 11.0 Å². The van der Waals surface area contributed by atoms with Crippen molar-refractivity contribution in [3.8, 4) is 11.5 Å². The molecule has 1 amide bonds. The van der Waals surface area contributed by atoms with Gasteiger partial charge in [0.1, 0.15) is 23.9 Å². The maximum atomic E-state index is 13.2. The van der Waals surface area contributed by atoms with Crippen LogP contribution in [-0.2, 0) is 17.9 Å². The van der Waals surface area contributed by atoms with Crippen LogP contribution in [0.1, 0.15) is 5.82 Å². The topological polar surface area (TPSA) is 78.3 Å². The molecule has 0 radical (unpaired) electrons. The number of nitrogens with one attached hydrogen (secondary N) is 1. The van der Waals surface area contributed by atoms with E-state index >= 15 is 0 Å². The van der Waals surface area contributed by atoms with Crippen molar-refractivity contribution >= 4 is 23.4 Å². The van der Waals surface area contributed by atoms with E-state index in [1.54, 1.807) is 31.4 Å². The van der Waals surface area contributed by atoms with E-state index in [4.69, 9.17) is 9.47 Å². The number of carbonyl (C=O) groups is 1. The van der Waals surface area contributed by atoms with Gasteiger partial charge in [-0.05, 0) is 42.5 Å². The molecule has 0 fully saturated rings. The Hall–Kier alpha value is -3.33. The van der Waals surface area contributed by atoms with Crippen LogP contribution in [0.4, 0.5) is 10.1 Å². The molecule has 0 bridgehead atoms. The second-order valence-corrected chi connectivity index (χ2v) is 7.05. The lowest BCUT2D eigenvalue weighted by Crippen LogP contribution is -2.15. The van der Waals surface area contributed by atoms with E-state index < -0.39 is 5.82 Å². The van der Waals surface area contributed by atoms with Crippen molar-refractivity contribution in [2.45, 2.75) is 18.3 Å². The maximum absolute atomic E-state index is 13.2. The highest BCUT2D eigenvalue weighted by atomic mass is 32.2. The van der Waals surface area contributed by atoms with E-state index in [-0.39, 0.29) is 18.3 Å². The SMILES string of the molecule is C=CCn1c(COc2ccc(OC)cc2)nnc1SCC(=O)Nc1cccc(F)c1. The van der Waals surface area contributed by atoms with Gasteiger partial charge in [-0.25, -0.2) is 4.39 Å². The number of methoxy groups -OCH3 is 1. The number of allylic oxidation sites excluding steroid dienone is 1. The molecular weight excluding hydrogens is 407 g/mol. The minimum absolute atomic E-state index is 0.102. The molecule has 1 N–H and O–H groups in total. The Bertz CT molecular complexity index is 1010. The highest BCUT2D eigenvalue weighted by Gasteiger charge is 2.14. The summed E-state index contributed by atoms with van der Waals surface area (Å²) in [4.78, 5) is 12.2. The second-order valence-electron chi connectivity index (χ2n) is 6.11. The van der Waals surface area contributed by atoms with E-state index in [1.807, 2.05) is 16.7 Å². The molecule has 3 aromatic rings. The largest absolute Gasteiger partial charge is 0.497 e. The first-order valence-electron chi connectivity index (χ1n) is 9.07. The van der Waals surface area contributed by atoms with Gasteiger partial charge in [0, 0.05) is 12.2 Å². The molecule has 0 saturated carbocycles. The Morgan fingerprint density at radius 2 is 2.00 bits per heavy atom. The number of thioether (sulfide) groups is 1. The molecule has 9 heteroatoms. The summed E-state index contributed by atoms with van der Waals surface area (Å²) in [5.74, 6) is 1.45. The fraction of sp³-hybridized carbons (Fsp3) is 0.190. The van der Waals surface area contributed by atoms with Crippen LogP contribution in [0.25, 0.3) is 0 Å². The van der Waals surface area contributed by atoms with Crippen molar-refractivity contribution in [2.75, 3.05) is 18.2 Å². The number of nitrogens with zero attached hydrogens (tertiary/aromatic N) is 3. The van der Waals surface area contributed by atoms with Crippen LogP contribution < -0.4 is 14.8 Å². The summed E-state index contributed by atoms with van der Waals surface area (Å²) >= 11 is 1.23. The van der Waals surface area contributed by atoms with Crippen molar-refractivity contribution in [3.63, 3.8) is 0 Å². The predicted molar refractivity (Wildman–Crippen MR) is 113 cm³/mol. The molecule has 1 heterocycles. The van der Waals surface area contributed by atoms with Gasteiger partial charge in [-0.2, -0.15) is 0 Å². The molecule has 30 heavy (non-hydrogen) atoms. The van der Waals surface area contributed by atoms with E-state index in [9.17, 15) is 9.18 Å². The van der Waals surface area contributed by atoms with Gasteiger partial charge in [-0.3, -0.25) is 9.36 Å². The predicted octanol–water partition coefficient (Wildman–Crippen LogP) is 3.92. The van der Waals surface area contributed by atoms with Crippen LogP contribution >= 0.6 is 11.8 Å². The molecule has 1 aromatic heterocycles. The first-order valence-corrected chi connectivity index (χ1v) is 10.1. The number of rotatable bonds is 10. The van der Waals surface area contributed by atoms with E-state index in [0.717, 1.165) is 5.75 Å². The lowest BCUT2D eigenvalue weighted by Gasteiger charge is -2.10. The number of carbonyl (C=O) groups excluding carboxylic acids is 1. The van der Waals surface area contributed by atoms with E-state index in [2.05, 4.69) is 22.1 Å². The van der Waals surface area contributed by atoms with Gasteiger partial charge < -0.3 is 14.8 Å². The smallest absolute Gasteiger partial charge is 0.234 e. The molecule has 0 aliphatic heterocycles. The molecule has 7 nitrogen and oxygen atoms in total. The molecule has 0 aliphatic carbocycles. The Balaban J connectivity index is 1.60. The minimum atomic E-state index is -0.410. The fourth-order valence-electron chi connectivity index (χ4n) is 2.56. The molecule has 0 atom stereocenters. The summed E-state index contributed by atoms with van der Waals surface area (Å²) in [5, 5.41) is 11.5. The normalized spacial score (nSPS) is 10.5. The van der Waals surface area contributed by atoms with Crippen molar-refractivity contribution in [1.82, 2.24) is 14.8 Å². The quantitative estimate of drug-likeness (QED) is 0.390. The highest BCUT2D eigenvalue weighted by Crippen LogP contribution is 2.21. The number of benzene rings is 2. The average Bonchev–Trinajstić information content (AvgIpc) is 3.13. The zero-order chi connectivity index (χ0) is 21.3. The van der Waals surface area contributed by atoms with E-state index in [1.165, 1.54) is 30.0 Å². The van der Waals surface area contributed by atoms with Crippen LogP contribution in [0.5, 0.6) is 11.5 Å². The molecule has 0 unspecified atom stereocenters. The minimum Gasteiger partial charge on any atom is -0.497 e. The van der Waals surface area contributed by atoms with Gasteiger partial charge in [0.25, 0.3) is 0 Å². The average molecular weight is 428 g/mol. The number of ether oxygens (including phenoxy) is 2. The van der Waals surface area contributed by atoms with Crippen LogP contribution in [0.2, 0.25) is 0 Å². The zero-order valence-electron chi connectivity index (χ0n) is 16.4. The first kappa shape index (κ1) is 21.4. The summed E-state index contributed by atoms with van der Waals surface area (Å²) < 4.78 is 26.0. The standard InChI is InChI=1S/C21H21FN4O3S/c1-3-11-26-19(13-29-18-9-7-17(28-2)8-10-18)24-25-21(26)30-14-20(27)23-16-6-4-5-15(22)12-16/h3-10,12H,1,11,13-14H2,2H3,(H,23,27). The summed E-state index contributed by atoms with van der Waals surface area (Å²) in [5.41, 5.74) is 0.404. The third-order valence-corrected chi connectivity index (χ3v) is 4.94. The molecule has 2 aromatic carbocycles. The van der Waals surface area contributed by atoms with E-state index in [0.29, 0.717) is 29.0 Å². The summed E-state index contributed by atoms with van der Waals surface area (Å²) in [6, 6.07) is 13.0. The van der Waals surface area contributed by atoms with Gasteiger partial charge in [-0.15, -0.1) is 16.8 Å². The molecule has 156 valence electrons. The summed E-state index contributed by atoms with van der Waals surface area (Å²) in [7, 11) is 1.60. The van der Waals surface area contributed by atoms with Crippen molar-refractivity contribution < 1.29 is 18.7 Å². The molecule has 3 rings (SSSR count). The number of hydrogen-bond acceptors (Lipinski definition) is 6. The van der Waals surface area contributed by atoms with Crippen molar-refractivity contribution in [3.05, 3.63) is 72.8 Å². The number of amides is 1. The molecule has 0 spiro atoms. The Morgan fingerprint density at radius 3 is 2.70 bits per heavy atom. The van der Waals surface area contributed by atoms with Crippen LogP contribution in [0.15, 0.2) is 66.3 Å². The van der Waals surface area contributed by atoms with Crippen LogP contribution in [0, 0.1) is 5.82 Å². The van der Waals surface area contributed by atoms with Gasteiger partial charge in [0.05, 0.1) is 12.9 Å². The maximum Gasteiger partial charge on any atom is 0.234 e.